The lowest BCUT2D eigenvalue weighted by Crippen LogP contribution is -2.36. The van der Waals surface area contributed by atoms with Gasteiger partial charge in [0.25, 0.3) is 0 Å². The minimum Gasteiger partial charge on any atom is -0.469 e. The highest BCUT2D eigenvalue weighted by Crippen LogP contribution is 2.48. The molecule has 0 spiro atoms. The molecule has 2 aromatic heterocycles. The number of carbonyl (C=O) groups excluding carboxylic acids is 1. The summed E-state index contributed by atoms with van der Waals surface area (Å²) >= 11 is 0. The predicted octanol–water partition coefficient (Wildman–Crippen LogP) is 2.33. The maximum absolute atomic E-state index is 12.8. The average Bonchev–Trinajstić information content (AvgIpc) is 3.08. The fraction of sp³-hybridized carbons (Fsp3) is 0.579. The van der Waals surface area contributed by atoms with Crippen molar-refractivity contribution in [3.05, 3.63) is 42.1 Å². The second-order valence-corrected chi connectivity index (χ2v) is 7.12. The van der Waals surface area contributed by atoms with Crippen LogP contribution in [0.5, 0.6) is 0 Å². The molecular formula is C19H26N4O2. The van der Waals surface area contributed by atoms with E-state index in [1.807, 2.05) is 23.0 Å². The van der Waals surface area contributed by atoms with Gasteiger partial charge < -0.3 is 9.32 Å². The summed E-state index contributed by atoms with van der Waals surface area (Å²) in [5.41, 5.74) is 1.25. The van der Waals surface area contributed by atoms with Gasteiger partial charge >= 0.3 is 0 Å². The van der Waals surface area contributed by atoms with E-state index in [0.29, 0.717) is 11.8 Å². The Morgan fingerprint density at radius 1 is 1.32 bits per heavy atom. The normalized spacial score (nSPS) is 24.3. The van der Waals surface area contributed by atoms with Crippen molar-refractivity contribution in [3.63, 3.8) is 0 Å². The van der Waals surface area contributed by atoms with Crippen LogP contribution in [0, 0.1) is 5.92 Å². The molecule has 2 aliphatic rings. The van der Waals surface area contributed by atoms with Crippen LogP contribution in [0.2, 0.25) is 0 Å². The minimum absolute atomic E-state index is 0.125. The Hall–Kier alpha value is -2.08. The van der Waals surface area contributed by atoms with Crippen molar-refractivity contribution in [1.29, 1.82) is 0 Å². The molecular weight excluding hydrogens is 316 g/mol. The molecule has 25 heavy (non-hydrogen) atoms. The van der Waals surface area contributed by atoms with E-state index in [9.17, 15) is 4.79 Å². The summed E-state index contributed by atoms with van der Waals surface area (Å²) in [6.45, 7) is 7.57. The van der Waals surface area contributed by atoms with Crippen LogP contribution in [0.25, 0.3) is 0 Å². The van der Waals surface area contributed by atoms with Crippen molar-refractivity contribution in [3.8, 4) is 0 Å². The smallest absolute Gasteiger partial charge is 0.226 e. The van der Waals surface area contributed by atoms with Crippen molar-refractivity contribution >= 4 is 5.91 Å². The number of aryl methyl sites for hydroxylation is 1. The number of hydrogen-bond donors (Lipinski definition) is 0. The highest BCUT2D eigenvalue weighted by atomic mass is 16.3. The van der Waals surface area contributed by atoms with E-state index < -0.39 is 0 Å². The van der Waals surface area contributed by atoms with E-state index in [-0.39, 0.29) is 5.92 Å². The molecule has 1 aliphatic carbocycles. The Labute approximate surface area is 148 Å². The van der Waals surface area contributed by atoms with Gasteiger partial charge in [0, 0.05) is 62.9 Å². The Morgan fingerprint density at radius 3 is 3.00 bits per heavy atom. The van der Waals surface area contributed by atoms with Crippen LogP contribution >= 0.6 is 0 Å². The zero-order valence-corrected chi connectivity index (χ0v) is 14.8. The number of amides is 1. The molecule has 3 heterocycles. The summed E-state index contributed by atoms with van der Waals surface area (Å²) in [6, 6.07) is 3.89. The molecule has 1 aliphatic heterocycles. The fourth-order valence-corrected chi connectivity index (χ4v) is 3.79. The molecule has 2 atom stereocenters. The molecule has 2 aromatic rings. The monoisotopic (exact) mass is 342 g/mol. The van der Waals surface area contributed by atoms with Gasteiger partial charge in [0.1, 0.15) is 5.76 Å². The first-order chi connectivity index (χ1) is 12.2. The van der Waals surface area contributed by atoms with Gasteiger partial charge in [-0.3, -0.25) is 14.4 Å². The van der Waals surface area contributed by atoms with Crippen LogP contribution in [0.4, 0.5) is 0 Å². The van der Waals surface area contributed by atoms with Gasteiger partial charge in [0.05, 0.1) is 12.5 Å². The van der Waals surface area contributed by atoms with Gasteiger partial charge in [-0.1, -0.05) is 0 Å². The highest BCUT2D eigenvalue weighted by molar-refractivity contribution is 5.82. The average molecular weight is 342 g/mol. The molecule has 0 aromatic carbocycles. The van der Waals surface area contributed by atoms with Crippen molar-refractivity contribution in [2.24, 2.45) is 5.92 Å². The molecule has 1 amide bonds. The summed E-state index contributed by atoms with van der Waals surface area (Å²) in [7, 11) is 0. The van der Waals surface area contributed by atoms with E-state index >= 15 is 0 Å². The predicted molar refractivity (Wildman–Crippen MR) is 93.9 cm³/mol. The lowest BCUT2D eigenvalue weighted by Gasteiger charge is -2.22. The topological polar surface area (TPSA) is 54.5 Å². The molecule has 1 saturated heterocycles. The van der Waals surface area contributed by atoms with Crippen LogP contribution in [0.15, 0.2) is 35.2 Å². The van der Waals surface area contributed by atoms with Gasteiger partial charge in [-0.05, 0) is 31.9 Å². The summed E-state index contributed by atoms with van der Waals surface area (Å²) in [5.74, 6) is 1.69. The zero-order valence-electron chi connectivity index (χ0n) is 14.8. The zero-order chi connectivity index (χ0) is 17.2. The van der Waals surface area contributed by atoms with E-state index in [1.165, 1.54) is 5.56 Å². The van der Waals surface area contributed by atoms with Crippen LogP contribution < -0.4 is 0 Å². The Morgan fingerprint density at radius 2 is 2.24 bits per heavy atom. The first kappa shape index (κ1) is 16.4. The van der Waals surface area contributed by atoms with Crippen LogP contribution in [-0.4, -0.2) is 51.7 Å². The van der Waals surface area contributed by atoms with Gasteiger partial charge in [-0.15, -0.1) is 0 Å². The summed E-state index contributed by atoms with van der Waals surface area (Å²) in [6.07, 6.45) is 7.73. The lowest BCUT2D eigenvalue weighted by molar-refractivity contribution is -0.132. The minimum atomic E-state index is 0.125. The summed E-state index contributed by atoms with van der Waals surface area (Å²) in [5, 5.41) is 4.35. The van der Waals surface area contributed by atoms with E-state index in [0.717, 1.165) is 57.9 Å². The maximum atomic E-state index is 12.8. The Bertz CT molecular complexity index is 709. The number of aromatic nitrogens is 2. The third-order valence-corrected chi connectivity index (χ3v) is 5.33. The van der Waals surface area contributed by atoms with E-state index in [4.69, 9.17) is 4.42 Å². The van der Waals surface area contributed by atoms with Crippen molar-refractivity contribution in [2.45, 2.75) is 38.8 Å². The molecule has 0 N–H and O–H groups in total. The lowest BCUT2D eigenvalue weighted by atomic mass is 10.2. The van der Waals surface area contributed by atoms with Crippen LogP contribution in [0.3, 0.4) is 0 Å². The fourth-order valence-electron chi connectivity index (χ4n) is 3.79. The summed E-state index contributed by atoms with van der Waals surface area (Å²) in [4.78, 5) is 17.3. The SMILES string of the molecule is CCn1cc(CN2CCCN(C(=O)[C@@H]3C[C@H]3c3ccco3)CC2)cn1. The van der Waals surface area contributed by atoms with Crippen molar-refractivity contribution in [2.75, 3.05) is 26.2 Å². The number of carbonyl (C=O) groups is 1. The Balaban J connectivity index is 1.30. The first-order valence-corrected chi connectivity index (χ1v) is 9.30. The van der Waals surface area contributed by atoms with Crippen LogP contribution in [0.1, 0.15) is 37.0 Å². The molecule has 2 fully saturated rings. The Kier molecular flexibility index (Phi) is 4.61. The quantitative estimate of drug-likeness (QED) is 0.837. The van der Waals surface area contributed by atoms with Gasteiger partial charge in [0.2, 0.25) is 5.91 Å². The second-order valence-electron chi connectivity index (χ2n) is 7.12. The molecule has 6 heteroatoms. The van der Waals surface area contributed by atoms with Crippen molar-refractivity contribution < 1.29 is 9.21 Å². The molecule has 0 bridgehead atoms. The van der Waals surface area contributed by atoms with E-state index in [2.05, 4.69) is 28.0 Å². The number of hydrogen-bond acceptors (Lipinski definition) is 4. The highest BCUT2D eigenvalue weighted by Gasteiger charge is 2.47. The third kappa shape index (κ3) is 3.63. The first-order valence-electron chi connectivity index (χ1n) is 9.30. The molecule has 1 saturated carbocycles. The molecule has 134 valence electrons. The largest absolute Gasteiger partial charge is 0.469 e. The van der Waals surface area contributed by atoms with E-state index in [1.54, 1.807) is 6.26 Å². The standard InChI is InChI=1S/C19H26N4O2/c1-2-23-14-15(12-20-23)13-21-6-4-7-22(9-8-21)19(24)17-11-16(17)18-5-3-10-25-18/h3,5,10,12,14,16-17H,2,4,6-9,11,13H2,1H3/t16-,17-/m1/s1. The number of rotatable bonds is 5. The van der Waals surface area contributed by atoms with Gasteiger partial charge in [0.15, 0.2) is 0 Å². The maximum Gasteiger partial charge on any atom is 0.226 e. The number of furan rings is 1. The number of nitrogens with zero attached hydrogens (tertiary/aromatic N) is 4. The van der Waals surface area contributed by atoms with Gasteiger partial charge in [-0.2, -0.15) is 5.10 Å². The molecule has 0 radical (unpaired) electrons. The second kappa shape index (κ2) is 7.04. The summed E-state index contributed by atoms with van der Waals surface area (Å²) < 4.78 is 7.42. The third-order valence-electron chi connectivity index (χ3n) is 5.33. The molecule has 6 nitrogen and oxygen atoms in total. The molecule has 4 rings (SSSR count). The van der Waals surface area contributed by atoms with Gasteiger partial charge in [-0.25, -0.2) is 0 Å². The van der Waals surface area contributed by atoms with Crippen LogP contribution in [-0.2, 0) is 17.9 Å². The molecule has 0 unspecified atom stereocenters. The van der Waals surface area contributed by atoms with Crippen molar-refractivity contribution in [1.82, 2.24) is 19.6 Å².